The molecule has 0 unspecified atom stereocenters. The highest BCUT2D eigenvalue weighted by molar-refractivity contribution is 5.95. The van der Waals surface area contributed by atoms with Crippen LogP contribution in [0.4, 0.5) is 0 Å². The fourth-order valence-corrected chi connectivity index (χ4v) is 7.12. The highest BCUT2D eigenvalue weighted by atomic mass is 16.4. The Morgan fingerprint density at radius 3 is 1.75 bits per heavy atom. The third-order valence-corrected chi connectivity index (χ3v) is 9.50. The van der Waals surface area contributed by atoms with Crippen molar-refractivity contribution in [2.75, 3.05) is 0 Å². The molecule has 0 radical (unpaired) electrons. The Balaban J connectivity index is 1.28. The van der Waals surface area contributed by atoms with Crippen molar-refractivity contribution < 1.29 is 4.42 Å². The van der Waals surface area contributed by atoms with E-state index in [1.165, 1.54) is 49.9 Å². The Labute approximate surface area is 255 Å². The van der Waals surface area contributed by atoms with Gasteiger partial charge in [0.15, 0.2) is 0 Å². The van der Waals surface area contributed by atoms with E-state index in [4.69, 9.17) is 4.42 Å². The molecule has 0 spiro atoms. The smallest absolute Gasteiger partial charge is 0.250 e. The molecule has 0 aliphatic rings. The van der Waals surface area contributed by atoms with Crippen LogP contribution < -0.4 is 0 Å². The molecule has 6 nitrogen and oxygen atoms in total. The van der Waals surface area contributed by atoms with Gasteiger partial charge in [-0.25, -0.2) is 0 Å². The topological polar surface area (TPSA) is 64.6 Å². The van der Waals surface area contributed by atoms with E-state index < -0.39 is 0 Å². The van der Waals surface area contributed by atoms with Gasteiger partial charge in [-0.1, -0.05) is 66.7 Å². The lowest BCUT2D eigenvalue weighted by Gasteiger charge is -2.21. The molecule has 44 heavy (non-hydrogen) atoms. The molecule has 0 bridgehead atoms. The number of H-pyrrole nitrogens is 1. The van der Waals surface area contributed by atoms with Crippen LogP contribution in [-0.2, 0) is 14.1 Å². The lowest BCUT2D eigenvalue weighted by atomic mass is 9.82. The van der Waals surface area contributed by atoms with Crippen LogP contribution in [0.3, 0.4) is 0 Å². The molecule has 0 aliphatic carbocycles. The summed E-state index contributed by atoms with van der Waals surface area (Å²) in [4.78, 5) is 3.43. The first-order chi connectivity index (χ1) is 21.4. The van der Waals surface area contributed by atoms with Gasteiger partial charge in [-0.3, -0.25) is 0 Å². The summed E-state index contributed by atoms with van der Waals surface area (Å²) >= 11 is 0. The zero-order chi connectivity index (χ0) is 30.1. The van der Waals surface area contributed by atoms with E-state index in [1.54, 1.807) is 0 Å². The zero-order valence-corrected chi connectivity index (χ0v) is 25.5. The van der Waals surface area contributed by atoms with Crippen molar-refractivity contribution in [1.29, 1.82) is 0 Å². The number of rotatable bonds is 5. The van der Waals surface area contributed by atoms with Crippen molar-refractivity contribution >= 4 is 32.7 Å². The van der Waals surface area contributed by atoms with Gasteiger partial charge in [-0.05, 0) is 67.8 Å². The molecule has 8 rings (SSSR count). The summed E-state index contributed by atoms with van der Waals surface area (Å²) in [5, 5.41) is 12.6. The third-order valence-electron chi connectivity index (χ3n) is 9.50. The fourth-order valence-electron chi connectivity index (χ4n) is 7.12. The van der Waals surface area contributed by atoms with Crippen LogP contribution in [0.1, 0.15) is 39.7 Å². The summed E-state index contributed by atoms with van der Waals surface area (Å²) < 4.78 is 10.9. The van der Waals surface area contributed by atoms with Crippen LogP contribution in [0, 0.1) is 20.8 Å². The monoisotopic (exact) mass is 575 g/mol. The van der Waals surface area contributed by atoms with Crippen molar-refractivity contribution in [3.63, 3.8) is 0 Å². The van der Waals surface area contributed by atoms with E-state index in [2.05, 4.69) is 137 Å². The van der Waals surface area contributed by atoms with E-state index in [0.29, 0.717) is 11.8 Å². The Hall–Kier alpha value is -5.36. The number of aromatic nitrogens is 5. The van der Waals surface area contributed by atoms with Gasteiger partial charge in [0.05, 0.1) is 5.56 Å². The first kappa shape index (κ1) is 26.3. The van der Waals surface area contributed by atoms with Crippen molar-refractivity contribution in [1.82, 2.24) is 24.3 Å². The standard InChI is InChI=1S/C38H33N5O/c1-22-33(27-12-6-9-15-30(27)39-22)38-41-40-37(44-38)26-20-18-25(19-21-26)36(34-23(2)42(4)31-16-10-7-13-28(31)34)35-24(3)43(5)32-17-11-8-14-29(32)35/h6-21,36,39H,1-5H3. The number of hydrogen-bond acceptors (Lipinski definition) is 3. The molecule has 6 heteroatoms. The lowest BCUT2D eigenvalue weighted by Crippen LogP contribution is -2.07. The Morgan fingerprint density at radius 2 is 1.14 bits per heavy atom. The summed E-state index contributed by atoms with van der Waals surface area (Å²) in [6, 6.07) is 34.3. The zero-order valence-electron chi connectivity index (χ0n) is 25.5. The van der Waals surface area contributed by atoms with E-state index in [1.807, 2.05) is 19.1 Å². The van der Waals surface area contributed by atoms with Crippen LogP contribution in [-0.4, -0.2) is 24.3 Å². The average molecular weight is 576 g/mol. The van der Waals surface area contributed by atoms with E-state index in [0.717, 1.165) is 27.7 Å². The predicted octanol–water partition coefficient (Wildman–Crippen LogP) is 8.97. The average Bonchev–Trinajstić information content (AvgIpc) is 3.78. The van der Waals surface area contributed by atoms with Gasteiger partial charge in [0.2, 0.25) is 5.89 Å². The molecular weight excluding hydrogens is 542 g/mol. The number of benzene rings is 4. The molecule has 4 aromatic carbocycles. The highest BCUT2D eigenvalue weighted by Gasteiger charge is 2.29. The number of para-hydroxylation sites is 3. The van der Waals surface area contributed by atoms with Gasteiger partial charge < -0.3 is 18.5 Å². The van der Waals surface area contributed by atoms with Crippen molar-refractivity contribution in [3.8, 4) is 22.9 Å². The molecular formula is C38H33N5O. The van der Waals surface area contributed by atoms with Gasteiger partial charge in [0.25, 0.3) is 5.89 Å². The van der Waals surface area contributed by atoms with Gasteiger partial charge in [-0.2, -0.15) is 0 Å². The highest BCUT2D eigenvalue weighted by Crippen LogP contribution is 2.44. The van der Waals surface area contributed by atoms with Crippen LogP contribution in [0.2, 0.25) is 0 Å². The molecule has 0 amide bonds. The van der Waals surface area contributed by atoms with E-state index in [9.17, 15) is 0 Å². The fraction of sp³-hybridized carbons (Fsp3) is 0.158. The Kier molecular flexibility index (Phi) is 5.88. The van der Waals surface area contributed by atoms with E-state index in [-0.39, 0.29) is 5.92 Å². The number of fused-ring (bicyclic) bond motifs is 3. The van der Waals surface area contributed by atoms with Crippen molar-refractivity contribution in [3.05, 3.63) is 131 Å². The molecule has 0 saturated heterocycles. The van der Waals surface area contributed by atoms with E-state index >= 15 is 0 Å². The van der Waals surface area contributed by atoms with Crippen LogP contribution in [0.25, 0.3) is 55.6 Å². The van der Waals surface area contributed by atoms with Gasteiger partial charge >= 0.3 is 0 Å². The normalized spacial score (nSPS) is 12.0. The number of hydrogen-bond donors (Lipinski definition) is 1. The minimum absolute atomic E-state index is 0.0355. The second kappa shape index (κ2) is 9.85. The second-order valence-electron chi connectivity index (χ2n) is 11.8. The number of nitrogens with zero attached hydrogens (tertiary/aromatic N) is 4. The predicted molar refractivity (Wildman–Crippen MR) is 178 cm³/mol. The largest absolute Gasteiger partial charge is 0.416 e. The summed E-state index contributed by atoms with van der Waals surface area (Å²) in [5.41, 5.74) is 12.8. The first-order valence-electron chi connectivity index (χ1n) is 15.0. The number of nitrogens with one attached hydrogen (secondary N) is 1. The molecule has 1 N–H and O–H groups in total. The maximum atomic E-state index is 6.28. The summed E-state index contributed by atoms with van der Waals surface area (Å²) in [6.07, 6.45) is 0. The SMILES string of the molecule is Cc1[nH]c2ccccc2c1-c1nnc(-c2ccc(C(c3c(C)n(C)c4ccccc34)c3c(C)n(C)c4ccccc34)cc2)o1. The van der Waals surface area contributed by atoms with Crippen LogP contribution in [0.5, 0.6) is 0 Å². The third kappa shape index (κ3) is 3.80. The molecule has 4 heterocycles. The lowest BCUT2D eigenvalue weighted by molar-refractivity contribution is 0.584. The van der Waals surface area contributed by atoms with Gasteiger partial charge in [-0.15, -0.1) is 10.2 Å². The number of aryl methyl sites for hydroxylation is 3. The molecule has 0 saturated carbocycles. The molecule has 0 atom stereocenters. The summed E-state index contributed by atoms with van der Waals surface area (Å²) in [5.74, 6) is 1.07. The first-order valence-corrected chi connectivity index (χ1v) is 15.0. The molecule has 0 aliphatic heterocycles. The second-order valence-corrected chi connectivity index (χ2v) is 11.8. The maximum absolute atomic E-state index is 6.28. The quantitative estimate of drug-likeness (QED) is 0.223. The summed E-state index contributed by atoms with van der Waals surface area (Å²) in [6.45, 7) is 6.52. The summed E-state index contributed by atoms with van der Waals surface area (Å²) in [7, 11) is 4.33. The van der Waals surface area contributed by atoms with Gasteiger partial charge in [0, 0.05) is 75.4 Å². The minimum Gasteiger partial charge on any atom is -0.416 e. The maximum Gasteiger partial charge on any atom is 0.250 e. The van der Waals surface area contributed by atoms with Gasteiger partial charge in [0.1, 0.15) is 0 Å². The molecule has 4 aromatic heterocycles. The Morgan fingerprint density at radius 1 is 0.614 bits per heavy atom. The Bertz CT molecular complexity index is 2260. The minimum atomic E-state index is 0.0355. The van der Waals surface area contributed by atoms with Crippen LogP contribution in [0.15, 0.2) is 101 Å². The molecule has 8 aromatic rings. The van der Waals surface area contributed by atoms with Crippen molar-refractivity contribution in [2.24, 2.45) is 14.1 Å². The number of aromatic amines is 1. The molecule has 0 fully saturated rings. The molecule has 216 valence electrons. The van der Waals surface area contributed by atoms with Crippen molar-refractivity contribution in [2.45, 2.75) is 26.7 Å². The van der Waals surface area contributed by atoms with Crippen LogP contribution >= 0.6 is 0 Å².